The second kappa shape index (κ2) is 2.50. The first-order chi connectivity index (χ1) is 4.33. The van der Waals surface area contributed by atoms with Gasteiger partial charge in [0.25, 0.3) is 0 Å². The lowest BCUT2D eigenvalue weighted by Crippen LogP contribution is -2.03. The second-order valence-electron chi connectivity index (χ2n) is 1.58. The number of hydrogen-bond donors (Lipinski definition) is 1. The molecule has 4 nitrogen and oxygen atoms in total. The van der Waals surface area contributed by atoms with Crippen molar-refractivity contribution >= 4 is 0 Å². The van der Waals surface area contributed by atoms with Gasteiger partial charge in [-0.1, -0.05) is 0 Å². The van der Waals surface area contributed by atoms with Gasteiger partial charge in [0, 0.05) is 0 Å². The molecule has 1 N–H and O–H groups in total. The Balaban J connectivity index is 2.73. The lowest BCUT2D eigenvalue weighted by molar-refractivity contribution is 0.371. The fourth-order valence-electron chi connectivity index (χ4n) is 0.521. The molecule has 0 fully saturated rings. The van der Waals surface area contributed by atoms with Crippen LogP contribution in [0.1, 0.15) is 5.76 Å². The van der Waals surface area contributed by atoms with Crippen LogP contribution in [0.2, 0.25) is 0 Å². The number of hydrogen-bond acceptors (Lipinski definition) is 4. The molecule has 0 aromatic carbocycles. The van der Waals surface area contributed by atoms with E-state index in [1.54, 1.807) is 7.05 Å². The Labute approximate surface area is 51.5 Å². The highest BCUT2D eigenvalue weighted by Gasteiger charge is 1.96. The summed E-state index contributed by atoms with van der Waals surface area (Å²) in [4.78, 5) is 10.2. The van der Waals surface area contributed by atoms with E-state index in [1.165, 1.54) is 6.26 Å². The smallest absolute Gasteiger partial charge is 0.399 e. The highest BCUT2D eigenvalue weighted by atomic mass is 16.6. The minimum Gasteiger partial charge on any atom is -0.399 e. The fraction of sp³-hybridized carbons (Fsp3) is 0.400. The van der Waals surface area contributed by atoms with Gasteiger partial charge in [0.1, 0.15) is 6.26 Å². The monoisotopic (exact) mass is 129 g/mol. The molecule has 0 aliphatic carbocycles. The van der Waals surface area contributed by atoms with E-state index in [9.17, 15) is 4.79 Å². The van der Waals surface area contributed by atoms with Crippen LogP contribution in [0, 0.1) is 0 Å². The molecule has 50 valence electrons. The Kier molecular flexibility index (Phi) is 1.69. The normalized spacial score (nSPS) is 9.89. The maximum Gasteiger partial charge on any atom is 0.518 e. The number of nitrogens with one attached hydrogen (secondary N) is 1. The molecular weight excluding hydrogens is 122 g/mol. The van der Waals surface area contributed by atoms with Crippen molar-refractivity contribution in [2.75, 3.05) is 7.05 Å². The standard InChI is InChI=1S/C5H7NO3/c1-6-2-4-3-8-5(7)9-4/h3,6H,2H2,1H3. The van der Waals surface area contributed by atoms with Gasteiger partial charge in [0.15, 0.2) is 5.76 Å². The third-order valence-corrected chi connectivity index (χ3v) is 0.852. The Morgan fingerprint density at radius 1 is 1.78 bits per heavy atom. The molecule has 0 amide bonds. The molecule has 0 aliphatic heterocycles. The SMILES string of the molecule is CNCc1coc(=O)o1. The average Bonchev–Trinajstić information content (AvgIpc) is 2.17. The van der Waals surface area contributed by atoms with Crippen molar-refractivity contribution in [2.45, 2.75) is 6.54 Å². The Morgan fingerprint density at radius 3 is 3.00 bits per heavy atom. The molecule has 1 aromatic rings. The lowest BCUT2D eigenvalue weighted by Gasteiger charge is -1.86. The summed E-state index contributed by atoms with van der Waals surface area (Å²) in [5, 5.41) is 2.80. The lowest BCUT2D eigenvalue weighted by atomic mass is 10.5. The minimum absolute atomic E-state index is 0.516. The van der Waals surface area contributed by atoms with E-state index in [0.717, 1.165) is 0 Å². The summed E-state index contributed by atoms with van der Waals surface area (Å²) in [5.74, 6) is -0.136. The quantitative estimate of drug-likeness (QED) is 0.608. The van der Waals surface area contributed by atoms with E-state index in [2.05, 4.69) is 14.2 Å². The molecule has 0 bridgehead atoms. The van der Waals surface area contributed by atoms with E-state index in [0.29, 0.717) is 12.3 Å². The van der Waals surface area contributed by atoms with E-state index in [-0.39, 0.29) is 0 Å². The molecule has 0 aliphatic rings. The molecule has 1 rings (SSSR count). The summed E-state index contributed by atoms with van der Waals surface area (Å²) in [6.45, 7) is 0.520. The van der Waals surface area contributed by atoms with Gasteiger partial charge < -0.3 is 14.2 Å². The van der Waals surface area contributed by atoms with E-state index < -0.39 is 5.82 Å². The molecule has 0 saturated heterocycles. The Hall–Kier alpha value is -1.03. The van der Waals surface area contributed by atoms with E-state index in [4.69, 9.17) is 0 Å². The van der Waals surface area contributed by atoms with Crippen molar-refractivity contribution in [1.29, 1.82) is 0 Å². The molecule has 0 unspecified atom stereocenters. The molecule has 0 saturated carbocycles. The molecule has 0 spiro atoms. The van der Waals surface area contributed by atoms with Crippen LogP contribution in [0.5, 0.6) is 0 Å². The topological polar surface area (TPSA) is 55.4 Å². The molecule has 0 radical (unpaired) electrons. The average molecular weight is 129 g/mol. The Bertz CT molecular complexity index is 224. The molecular formula is C5H7NO3. The highest BCUT2D eigenvalue weighted by molar-refractivity contribution is 4.82. The van der Waals surface area contributed by atoms with Crippen molar-refractivity contribution in [3.05, 3.63) is 22.6 Å². The van der Waals surface area contributed by atoms with Crippen LogP contribution in [-0.4, -0.2) is 7.05 Å². The van der Waals surface area contributed by atoms with Crippen LogP contribution >= 0.6 is 0 Å². The van der Waals surface area contributed by atoms with Gasteiger partial charge in [0.2, 0.25) is 0 Å². The summed E-state index contributed by atoms with van der Waals surface area (Å²) in [7, 11) is 1.76. The van der Waals surface area contributed by atoms with Gasteiger partial charge in [-0.2, -0.15) is 0 Å². The summed E-state index contributed by atoms with van der Waals surface area (Å²) in [5.41, 5.74) is 0. The van der Waals surface area contributed by atoms with Gasteiger partial charge in [-0.3, -0.25) is 0 Å². The summed E-state index contributed by atoms with van der Waals surface area (Å²) in [6, 6.07) is 0. The maximum absolute atomic E-state index is 10.2. The highest BCUT2D eigenvalue weighted by Crippen LogP contribution is 1.91. The summed E-state index contributed by atoms with van der Waals surface area (Å²) in [6.07, 6.45) is 1.29. The maximum atomic E-state index is 10.2. The van der Waals surface area contributed by atoms with Crippen LogP contribution in [0.15, 0.2) is 19.9 Å². The van der Waals surface area contributed by atoms with Gasteiger partial charge in [-0.25, -0.2) is 4.79 Å². The van der Waals surface area contributed by atoms with Crippen LogP contribution in [0.3, 0.4) is 0 Å². The molecule has 1 heterocycles. The molecule has 0 atom stereocenters. The first-order valence-electron chi connectivity index (χ1n) is 2.55. The third-order valence-electron chi connectivity index (χ3n) is 0.852. The predicted molar refractivity (Wildman–Crippen MR) is 30.0 cm³/mol. The minimum atomic E-state index is -0.653. The van der Waals surface area contributed by atoms with Crippen LogP contribution < -0.4 is 11.1 Å². The van der Waals surface area contributed by atoms with Crippen LogP contribution in [0.25, 0.3) is 0 Å². The van der Waals surface area contributed by atoms with Gasteiger partial charge in [-0.15, -0.1) is 0 Å². The van der Waals surface area contributed by atoms with E-state index >= 15 is 0 Å². The summed E-state index contributed by atoms with van der Waals surface area (Å²) < 4.78 is 8.89. The van der Waals surface area contributed by atoms with Gasteiger partial charge >= 0.3 is 5.82 Å². The van der Waals surface area contributed by atoms with E-state index in [1.807, 2.05) is 0 Å². The van der Waals surface area contributed by atoms with Crippen LogP contribution in [-0.2, 0) is 6.54 Å². The number of rotatable bonds is 2. The van der Waals surface area contributed by atoms with Crippen molar-refractivity contribution in [1.82, 2.24) is 5.32 Å². The first kappa shape index (κ1) is 6.10. The van der Waals surface area contributed by atoms with Crippen molar-refractivity contribution < 1.29 is 8.83 Å². The predicted octanol–water partition coefficient (Wildman–Crippen LogP) is -0.0478. The zero-order chi connectivity index (χ0) is 6.69. The summed E-state index contributed by atoms with van der Waals surface area (Å²) >= 11 is 0. The second-order valence-corrected chi connectivity index (χ2v) is 1.58. The fourth-order valence-corrected chi connectivity index (χ4v) is 0.521. The third kappa shape index (κ3) is 1.43. The largest absolute Gasteiger partial charge is 0.518 e. The van der Waals surface area contributed by atoms with Crippen molar-refractivity contribution in [3.63, 3.8) is 0 Å². The van der Waals surface area contributed by atoms with Gasteiger partial charge in [0.05, 0.1) is 6.54 Å². The molecule has 9 heavy (non-hydrogen) atoms. The van der Waals surface area contributed by atoms with Crippen LogP contribution in [0.4, 0.5) is 0 Å². The molecule has 1 aromatic heterocycles. The molecule has 4 heteroatoms. The zero-order valence-corrected chi connectivity index (χ0v) is 5.01. The van der Waals surface area contributed by atoms with Crippen molar-refractivity contribution in [3.8, 4) is 0 Å². The zero-order valence-electron chi connectivity index (χ0n) is 5.01. The van der Waals surface area contributed by atoms with Gasteiger partial charge in [-0.05, 0) is 7.05 Å². The first-order valence-corrected chi connectivity index (χ1v) is 2.55. The van der Waals surface area contributed by atoms with Crippen molar-refractivity contribution in [2.24, 2.45) is 0 Å². The Morgan fingerprint density at radius 2 is 2.56 bits per heavy atom.